The minimum absolute atomic E-state index is 0.140. The molecule has 24 heavy (non-hydrogen) atoms. The van der Waals surface area contributed by atoms with Gasteiger partial charge in [-0.3, -0.25) is 4.68 Å². The highest BCUT2D eigenvalue weighted by atomic mass is 16.5. The maximum absolute atomic E-state index is 6.01. The lowest BCUT2D eigenvalue weighted by atomic mass is 10.0. The van der Waals surface area contributed by atoms with Crippen molar-refractivity contribution in [2.24, 2.45) is 13.0 Å². The summed E-state index contributed by atoms with van der Waals surface area (Å²) in [5.41, 5.74) is 2.89. The Morgan fingerprint density at radius 1 is 1.29 bits per heavy atom. The van der Waals surface area contributed by atoms with Crippen molar-refractivity contribution in [2.75, 3.05) is 26.3 Å². The van der Waals surface area contributed by atoms with Gasteiger partial charge in [-0.2, -0.15) is 5.10 Å². The van der Waals surface area contributed by atoms with Crippen LogP contribution >= 0.6 is 0 Å². The third-order valence-electron chi connectivity index (χ3n) is 4.79. The molecule has 0 radical (unpaired) electrons. The molecule has 4 heterocycles. The molecule has 0 aliphatic carbocycles. The Hall–Kier alpha value is -1.77. The minimum atomic E-state index is 0.140. The Kier molecular flexibility index (Phi) is 4.59. The first kappa shape index (κ1) is 15.7. The molecule has 2 aromatic rings. The number of hydrogen-bond donors (Lipinski definition) is 1. The molecule has 0 spiro atoms. The van der Waals surface area contributed by atoms with Crippen LogP contribution in [0.2, 0.25) is 0 Å². The number of ether oxygens (including phenoxy) is 2. The molecule has 2 aliphatic heterocycles. The summed E-state index contributed by atoms with van der Waals surface area (Å²) < 4.78 is 15.1. The van der Waals surface area contributed by atoms with Gasteiger partial charge in [0.25, 0.3) is 0 Å². The van der Waals surface area contributed by atoms with E-state index < -0.39 is 0 Å². The molecule has 1 fully saturated rings. The Bertz CT molecular complexity index is 676. The van der Waals surface area contributed by atoms with Crippen LogP contribution in [0.1, 0.15) is 18.5 Å². The van der Waals surface area contributed by atoms with E-state index in [9.17, 15) is 0 Å². The number of fused-ring (bicyclic) bond motifs is 1. The summed E-state index contributed by atoms with van der Waals surface area (Å²) in [6.45, 7) is 4.95. The molecule has 8 heteroatoms. The molecule has 1 N–H and O–H groups in total. The molecular weight excluding hydrogens is 308 g/mol. The van der Waals surface area contributed by atoms with Gasteiger partial charge in [-0.1, -0.05) is 5.21 Å². The van der Waals surface area contributed by atoms with E-state index in [1.807, 2.05) is 24.1 Å². The van der Waals surface area contributed by atoms with Gasteiger partial charge in [0.2, 0.25) is 0 Å². The molecule has 1 atom stereocenters. The third-order valence-corrected chi connectivity index (χ3v) is 4.79. The van der Waals surface area contributed by atoms with Crippen LogP contribution in [0.3, 0.4) is 0 Å². The van der Waals surface area contributed by atoms with Gasteiger partial charge in [-0.15, -0.1) is 5.10 Å². The summed E-state index contributed by atoms with van der Waals surface area (Å²) in [4.78, 5) is 0. The zero-order chi connectivity index (χ0) is 16.4. The maximum Gasteiger partial charge on any atom is 0.121 e. The summed E-state index contributed by atoms with van der Waals surface area (Å²) in [6.07, 6.45) is 6.21. The van der Waals surface area contributed by atoms with E-state index in [1.165, 1.54) is 0 Å². The highest BCUT2D eigenvalue weighted by Crippen LogP contribution is 2.24. The molecule has 0 amide bonds. The number of aryl methyl sites for hydroxylation is 1. The topological polar surface area (TPSA) is 79.0 Å². The average molecular weight is 332 g/mol. The van der Waals surface area contributed by atoms with Crippen molar-refractivity contribution in [3.63, 3.8) is 0 Å². The van der Waals surface area contributed by atoms with Crippen LogP contribution in [0, 0.1) is 5.92 Å². The largest absolute Gasteiger partial charge is 0.381 e. The van der Waals surface area contributed by atoms with Gasteiger partial charge in [0.05, 0.1) is 31.1 Å². The lowest BCUT2D eigenvalue weighted by molar-refractivity contribution is -0.000188. The van der Waals surface area contributed by atoms with Crippen LogP contribution in [0.15, 0.2) is 12.4 Å². The second kappa shape index (κ2) is 7.00. The summed E-state index contributed by atoms with van der Waals surface area (Å²) in [5.74, 6) is 0.724. The summed E-state index contributed by atoms with van der Waals surface area (Å²) in [6, 6.07) is 0. The highest BCUT2D eigenvalue weighted by Gasteiger charge is 2.25. The number of aromatic nitrogens is 5. The number of rotatable bonds is 5. The van der Waals surface area contributed by atoms with E-state index in [0.717, 1.165) is 68.6 Å². The SMILES string of the molecule is Cn1cc(-c2nnn3c2CO[C@H](CNCC2CCOCC2)C3)cn1. The van der Waals surface area contributed by atoms with Crippen LogP contribution in [0.25, 0.3) is 11.3 Å². The lowest BCUT2D eigenvalue weighted by Crippen LogP contribution is -2.39. The summed E-state index contributed by atoms with van der Waals surface area (Å²) in [5, 5.41) is 16.4. The van der Waals surface area contributed by atoms with Gasteiger partial charge in [0.1, 0.15) is 5.69 Å². The summed E-state index contributed by atoms with van der Waals surface area (Å²) in [7, 11) is 1.90. The van der Waals surface area contributed by atoms with Crippen molar-refractivity contribution in [2.45, 2.75) is 32.1 Å². The molecule has 1 saturated heterocycles. The van der Waals surface area contributed by atoms with E-state index >= 15 is 0 Å². The van der Waals surface area contributed by atoms with Crippen molar-refractivity contribution < 1.29 is 9.47 Å². The Morgan fingerprint density at radius 2 is 2.17 bits per heavy atom. The highest BCUT2D eigenvalue weighted by molar-refractivity contribution is 5.59. The van der Waals surface area contributed by atoms with Crippen LogP contribution < -0.4 is 5.32 Å². The molecular formula is C16H24N6O2. The van der Waals surface area contributed by atoms with E-state index in [-0.39, 0.29) is 6.10 Å². The van der Waals surface area contributed by atoms with Gasteiger partial charge >= 0.3 is 0 Å². The fourth-order valence-electron chi connectivity index (χ4n) is 3.35. The summed E-state index contributed by atoms with van der Waals surface area (Å²) >= 11 is 0. The Labute approximate surface area is 141 Å². The second-order valence-electron chi connectivity index (χ2n) is 6.62. The number of nitrogens with zero attached hydrogens (tertiary/aromatic N) is 5. The van der Waals surface area contributed by atoms with Gasteiger partial charge < -0.3 is 14.8 Å². The van der Waals surface area contributed by atoms with Crippen molar-refractivity contribution in [1.82, 2.24) is 30.1 Å². The lowest BCUT2D eigenvalue weighted by Gasteiger charge is -2.26. The van der Waals surface area contributed by atoms with Crippen molar-refractivity contribution in [1.29, 1.82) is 0 Å². The molecule has 0 saturated carbocycles. The van der Waals surface area contributed by atoms with Crippen molar-refractivity contribution in [3.8, 4) is 11.3 Å². The molecule has 2 aliphatic rings. The third kappa shape index (κ3) is 3.35. The minimum Gasteiger partial charge on any atom is -0.381 e. The molecule has 2 aromatic heterocycles. The molecule has 0 aromatic carbocycles. The molecule has 0 bridgehead atoms. The normalized spacial score (nSPS) is 21.8. The fourth-order valence-corrected chi connectivity index (χ4v) is 3.35. The first-order valence-electron chi connectivity index (χ1n) is 8.61. The van der Waals surface area contributed by atoms with E-state index in [4.69, 9.17) is 9.47 Å². The zero-order valence-corrected chi connectivity index (χ0v) is 14.0. The van der Waals surface area contributed by atoms with Gasteiger partial charge in [-0.25, -0.2) is 4.68 Å². The first-order valence-corrected chi connectivity index (χ1v) is 8.61. The van der Waals surface area contributed by atoms with E-state index in [0.29, 0.717) is 6.61 Å². The molecule has 130 valence electrons. The van der Waals surface area contributed by atoms with Gasteiger partial charge in [0, 0.05) is 38.6 Å². The standard InChI is InChI=1S/C16H24N6O2/c1-21-9-13(7-18-21)16-15-11-24-14(10-22(15)20-19-16)8-17-6-12-2-4-23-5-3-12/h7,9,12,14,17H,2-6,8,10-11H2,1H3/t14-/m1/s1. The Balaban J connectivity index is 1.32. The van der Waals surface area contributed by atoms with Crippen LogP contribution in [-0.4, -0.2) is 57.2 Å². The maximum atomic E-state index is 6.01. The smallest absolute Gasteiger partial charge is 0.121 e. The molecule has 0 unspecified atom stereocenters. The average Bonchev–Trinajstić information content (AvgIpc) is 3.21. The monoisotopic (exact) mass is 332 g/mol. The predicted molar refractivity (Wildman–Crippen MR) is 87.2 cm³/mol. The quantitative estimate of drug-likeness (QED) is 0.863. The number of nitrogens with one attached hydrogen (secondary N) is 1. The fraction of sp³-hybridized carbons (Fsp3) is 0.688. The first-order chi connectivity index (χ1) is 11.8. The van der Waals surface area contributed by atoms with Crippen LogP contribution in [0.4, 0.5) is 0 Å². The zero-order valence-electron chi connectivity index (χ0n) is 14.0. The van der Waals surface area contributed by atoms with Crippen LogP contribution in [0.5, 0.6) is 0 Å². The van der Waals surface area contributed by atoms with Gasteiger partial charge in [-0.05, 0) is 25.3 Å². The van der Waals surface area contributed by atoms with E-state index in [2.05, 4.69) is 20.7 Å². The molecule has 4 rings (SSSR count). The van der Waals surface area contributed by atoms with Crippen molar-refractivity contribution in [3.05, 3.63) is 18.1 Å². The van der Waals surface area contributed by atoms with Gasteiger partial charge in [0.15, 0.2) is 0 Å². The second-order valence-corrected chi connectivity index (χ2v) is 6.62. The number of hydrogen-bond acceptors (Lipinski definition) is 6. The van der Waals surface area contributed by atoms with Crippen LogP contribution in [-0.2, 0) is 29.7 Å². The van der Waals surface area contributed by atoms with E-state index in [1.54, 1.807) is 4.68 Å². The van der Waals surface area contributed by atoms with Crippen molar-refractivity contribution >= 4 is 0 Å². The molecule has 8 nitrogen and oxygen atoms in total. The predicted octanol–water partition coefficient (Wildman–Crippen LogP) is 0.594. The Morgan fingerprint density at radius 3 is 2.96 bits per heavy atom.